The Kier molecular flexibility index (Phi) is 5.05. The fourth-order valence-corrected chi connectivity index (χ4v) is 3.78. The summed E-state index contributed by atoms with van der Waals surface area (Å²) in [6.45, 7) is 3.11. The van der Waals surface area contributed by atoms with Crippen molar-refractivity contribution in [3.63, 3.8) is 0 Å². The molecule has 4 heteroatoms. The Hall–Kier alpha value is -2.88. The van der Waals surface area contributed by atoms with Gasteiger partial charge in [0.05, 0.1) is 5.69 Å². The second-order valence-electron chi connectivity index (χ2n) is 7.18. The van der Waals surface area contributed by atoms with Crippen molar-refractivity contribution in [2.45, 2.75) is 32.1 Å². The van der Waals surface area contributed by atoms with Gasteiger partial charge in [-0.05, 0) is 66.3 Å². The molecule has 0 spiro atoms. The molecule has 0 fully saturated rings. The smallest absolute Gasteiger partial charge is 0.132 e. The number of nitrogens with zero attached hydrogens (tertiary/aromatic N) is 3. The first-order chi connectivity index (χ1) is 13.2. The molecule has 4 rings (SSSR count). The lowest BCUT2D eigenvalue weighted by Crippen LogP contribution is -2.12. The lowest BCUT2D eigenvalue weighted by Gasteiger charge is -2.20. The molecule has 27 heavy (non-hydrogen) atoms. The van der Waals surface area contributed by atoms with Gasteiger partial charge in [0.25, 0.3) is 0 Å². The van der Waals surface area contributed by atoms with E-state index in [2.05, 4.69) is 70.6 Å². The van der Waals surface area contributed by atoms with Crippen molar-refractivity contribution in [1.29, 1.82) is 0 Å². The summed E-state index contributed by atoms with van der Waals surface area (Å²) in [6.07, 6.45) is 9.00. The van der Waals surface area contributed by atoms with E-state index in [-0.39, 0.29) is 0 Å². The highest BCUT2D eigenvalue weighted by Crippen LogP contribution is 2.36. The van der Waals surface area contributed by atoms with Crippen LogP contribution in [0, 0.1) is 0 Å². The van der Waals surface area contributed by atoms with Gasteiger partial charge in [-0.25, -0.2) is 4.98 Å². The van der Waals surface area contributed by atoms with Crippen molar-refractivity contribution in [3.05, 3.63) is 77.7 Å². The monoisotopic (exact) mass is 358 g/mol. The van der Waals surface area contributed by atoms with Gasteiger partial charge >= 0.3 is 0 Å². The Balaban J connectivity index is 1.47. The Bertz CT molecular complexity index is 890. The molecule has 2 aromatic heterocycles. The fraction of sp³-hybridized carbons (Fsp3) is 0.304. The largest absolute Gasteiger partial charge is 0.383 e. The normalized spacial score (nSPS) is 15.4. The van der Waals surface area contributed by atoms with Gasteiger partial charge in [-0.1, -0.05) is 19.1 Å². The number of nitrogens with one attached hydrogen (secondary N) is 1. The Morgan fingerprint density at radius 3 is 2.81 bits per heavy atom. The highest BCUT2D eigenvalue weighted by molar-refractivity contribution is 5.62. The van der Waals surface area contributed by atoms with Gasteiger partial charge in [0.2, 0.25) is 0 Å². The van der Waals surface area contributed by atoms with E-state index in [1.54, 1.807) is 6.20 Å². The SMILES string of the molecule is CCc1ccc(N(C)c2ccc3c(c2)CC[C@H]3CNc2cccnc2)nc1. The van der Waals surface area contributed by atoms with Crippen molar-refractivity contribution in [1.82, 2.24) is 9.97 Å². The van der Waals surface area contributed by atoms with Crippen LogP contribution in [0.2, 0.25) is 0 Å². The van der Waals surface area contributed by atoms with E-state index in [1.807, 2.05) is 18.5 Å². The molecule has 4 nitrogen and oxygen atoms in total. The second kappa shape index (κ2) is 7.78. The van der Waals surface area contributed by atoms with Crippen LogP contribution in [0.3, 0.4) is 0 Å². The maximum Gasteiger partial charge on any atom is 0.132 e. The van der Waals surface area contributed by atoms with E-state index in [0.717, 1.165) is 30.9 Å². The summed E-state index contributed by atoms with van der Waals surface area (Å²) in [5.74, 6) is 1.54. The Labute approximate surface area is 161 Å². The average Bonchev–Trinajstić information content (AvgIpc) is 3.15. The number of anilines is 3. The molecule has 0 saturated carbocycles. The third-order valence-electron chi connectivity index (χ3n) is 5.49. The van der Waals surface area contributed by atoms with Crippen LogP contribution in [0.15, 0.2) is 61.1 Å². The van der Waals surface area contributed by atoms with E-state index >= 15 is 0 Å². The number of rotatable bonds is 6. The lowest BCUT2D eigenvalue weighted by molar-refractivity contribution is 0.709. The summed E-state index contributed by atoms with van der Waals surface area (Å²) < 4.78 is 0. The van der Waals surface area contributed by atoms with E-state index in [1.165, 1.54) is 28.8 Å². The van der Waals surface area contributed by atoms with Gasteiger partial charge in [-0.2, -0.15) is 0 Å². The number of fused-ring (bicyclic) bond motifs is 1. The third-order valence-corrected chi connectivity index (χ3v) is 5.49. The van der Waals surface area contributed by atoms with E-state index in [9.17, 15) is 0 Å². The maximum absolute atomic E-state index is 4.61. The summed E-state index contributed by atoms with van der Waals surface area (Å²) in [5, 5.41) is 3.52. The number of hydrogen-bond acceptors (Lipinski definition) is 4. The lowest BCUT2D eigenvalue weighted by atomic mass is 10.0. The van der Waals surface area contributed by atoms with Gasteiger partial charge in [0.15, 0.2) is 0 Å². The summed E-state index contributed by atoms with van der Waals surface area (Å²) in [6, 6.07) is 15.1. The molecule has 3 aromatic rings. The summed E-state index contributed by atoms with van der Waals surface area (Å²) >= 11 is 0. The van der Waals surface area contributed by atoms with Crippen LogP contribution in [0.1, 0.15) is 36.0 Å². The highest BCUT2D eigenvalue weighted by atomic mass is 15.2. The van der Waals surface area contributed by atoms with Crippen LogP contribution in [0.25, 0.3) is 0 Å². The molecule has 1 aliphatic rings. The van der Waals surface area contributed by atoms with Gasteiger partial charge in [0.1, 0.15) is 5.82 Å². The van der Waals surface area contributed by atoms with Crippen LogP contribution in [0.5, 0.6) is 0 Å². The van der Waals surface area contributed by atoms with E-state index in [4.69, 9.17) is 0 Å². The number of hydrogen-bond donors (Lipinski definition) is 1. The fourth-order valence-electron chi connectivity index (χ4n) is 3.78. The molecule has 1 aromatic carbocycles. The van der Waals surface area contributed by atoms with E-state index < -0.39 is 0 Å². The molecule has 138 valence electrons. The van der Waals surface area contributed by atoms with Crippen molar-refractivity contribution < 1.29 is 0 Å². The first-order valence-electron chi connectivity index (χ1n) is 9.70. The predicted octanol–water partition coefficient (Wildman–Crippen LogP) is 4.95. The number of aryl methyl sites for hydroxylation is 2. The minimum atomic E-state index is 0.557. The first-order valence-corrected chi connectivity index (χ1v) is 9.70. The molecule has 0 saturated heterocycles. The predicted molar refractivity (Wildman–Crippen MR) is 112 cm³/mol. The standard InChI is InChI=1S/C23H26N4/c1-3-17-6-11-23(26-14-17)27(2)21-9-10-22-18(13-21)7-8-19(22)15-25-20-5-4-12-24-16-20/h4-6,9-14,16,19,25H,3,7-8,15H2,1-2H3/t19-/m0/s1. The Morgan fingerprint density at radius 2 is 2.07 bits per heavy atom. The minimum absolute atomic E-state index is 0.557. The zero-order chi connectivity index (χ0) is 18.6. The van der Waals surface area contributed by atoms with Crippen molar-refractivity contribution >= 4 is 17.2 Å². The van der Waals surface area contributed by atoms with Crippen LogP contribution in [-0.2, 0) is 12.8 Å². The summed E-state index contributed by atoms with van der Waals surface area (Å²) in [4.78, 5) is 10.9. The summed E-state index contributed by atoms with van der Waals surface area (Å²) in [5.41, 5.74) is 6.49. The van der Waals surface area contributed by atoms with Crippen LogP contribution in [0.4, 0.5) is 17.2 Å². The molecular formula is C23H26N4. The third kappa shape index (κ3) is 3.80. The van der Waals surface area contributed by atoms with Crippen LogP contribution < -0.4 is 10.2 Å². The van der Waals surface area contributed by atoms with Crippen molar-refractivity contribution in [2.75, 3.05) is 23.8 Å². The average molecular weight is 358 g/mol. The molecule has 0 unspecified atom stereocenters. The summed E-state index contributed by atoms with van der Waals surface area (Å²) in [7, 11) is 2.09. The molecule has 1 N–H and O–H groups in total. The second-order valence-corrected chi connectivity index (χ2v) is 7.18. The van der Waals surface area contributed by atoms with Crippen LogP contribution >= 0.6 is 0 Å². The molecule has 0 bridgehead atoms. The molecule has 1 atom stereocenters. The topological polar surface area (TPSA) is 41.0 Å². The molecule has 0 amide bonds. The molecule has 1 aliphatic carbocycles. The van der Waals surface area contributed by atoms with Gasteiger partial charge in [-0.3, -0.25) is 4.98 Å². The molecule has 0 aliphatic heterocycles. The maximum atomic E-state index is 4.61. The highest BCUT2D eigenvalue weighted by Gasteiger charge is 2.23. The minimum Gasteiger partial charge on any atom is -0.383 e. The van der Waals surface area contributed by atoms with Gasteiger partial charge in [-0.15, -0.1) is 0 Å². The number of pyridine rings is 2. The number of benzene rings is 1. The van der Waals surface area contributed by atoms with Gasteiger partial charge in [0, 0.05) is 43.8 Å². The quantitative estimate of drug-likeness (QED) is 0.677. The van der Waals surface area contributed by atoms with Crippen LogP contribution in [-0.4, -0.2) is 23.6 Å². The van der Waals surface area contributed by atoms with Gasteiger partial charge < -0.3 is 10.2 Å². The molecule has 0 radical (unpaired) electrons. The number of aromatic nitrogens is 2. The van der Waals surface area contributed by atoms with Crippen molar-refractivity contribution in [3.8, 4) is 0 Å². The molecule has 2 heterocycles. The van der Waals surface area contributed by atoms with E-state index in [0.29, 0.717) is 5.92 Å². The zero-order valence-electron chi connectivity index (χ0n) is 16.0. The molecular weight excluding hydrogens is 332 g/mol. The van der Waals surface area contributed by atoms with Crippen molar-refractivity contribution in [2.24, 2.45) is 0 Å². The first kappa shape index (κ1) is 17.5. The Morgan fingerprint density at radius 1 is 1.15 bits per heavy atom. The zero-order valence-corrected chi connectivity index (χ0v) is 16.0.